The zero-order chi connectivity index (χ0) is 14.8. The van der Waals surface area contributed by atoms with E-state index in [1.807, 2.05) is 5.38 Å². The van der Waals surface area contributed by atoms with Gasteiger partial charge < -0.3 is 5.32 Å². The molecule has 0 aromatic carbocycles. The molecule has 0 radical (unpaired) electrons. The van der Waals surface area contributed by atoms with Crippen LogP contribution in [0.3, 0.4) is 0 Å². The van der Waals surface area contributed by atoms with E-state index in [0.29, 0.717) is 24.0 Å². The maximum Gasteiger partial charge on any atom is 0.241 e. The lowest BCUT2D eigenvalue weighted by atomic mass is 9.93. The Morgan fingerprint density at radius 3 is 2.65 bits per heavy atom. The van der Waals surface area contributed by atoms with E-state index in [1.54, 1.807) is 6.07 Å². The first-order valence-electron chi connectivity index (χ1n) is 7.07. The van der Waals surface area contributed by atoms with Gasteiger partial charge in [-0.15, -0.1) is 11.3 Å². The molecule has 1 aromatic rings. The van der Waals surface area contributed by atoms with E-state index in [2.05, 4.69) is 30.8 Å². The van der Waals surface area contributed by atoms with Crippen LogP contribution in [-0.2, 0) is 16.6 Å². The summed E-state index contributed by atoms with van der Waals surface area (Å²) >= 11 is 1.50. The molecular weight excluding hydrogens is 292 g/mol. The molecule has 0 amide bonds. The Labute approximate surface area is 126 Å². The SMILES string of the molecule is CC(C)(C)CCNS(=O)(=O)c1ccsc1CNC1CC1. The van der Waals surface area contributed by atoms with Gasteiger partial charge in [-0.25, -0.2) is 13.1 Å². The summed E-state index contributed by atoms with van der Waals surface area (Å²) in [5.41, 5.74) is 0.132. The molecular formula is C14H24N2O2S2. The molecule has 0 saturated heterocycles. The Balaban J connectivity index is 1.95. The van der Waals surface area contributed by atoms with Gasteiger partial charge in [0.2, 0.25) is 10.0 Å². The number of hydrogen-bond donors (Lipinski definition) is 2. The Morgan fingerprint density at radius 1 is 1.35 bits per heavy atom. The van der Waals surface area contributed by atoms with Gasteiger partial charge in [-0.2, -0.15) is 0 Å². The number of sulfonamides is 1. The lowest BCUT2D eigenvalue weighted by Gasteiger charge is -2.18. The summed E-state index contributed by atoms with van der Waals surface area (Å²) in [7, 11) is -3.38. The zero-order valence-electron chi connectivity index (χ0n) is 12.4. The number of thiophene rings is 1. The first-order valence-corrected chi connectivity index (χ1v) is 9.44. The van der Waals surface area contributed by atoms with Crippen molar-refractivity contribution in [2.45, 2.75) is 57.5 Å². The fourth-order valence-electron chi connectivity index (χ4n) is 1.86. The molecule has 20 heavy (non-hydrogen) atoms. The van der Waals surface area contributed by atoms with Crippen molar-refractivity contribution in [2.24, 2.45) is 5.41 Å². The van der Waals surface area contributed by atoms with E-state index in [0.717, 1.165) is 11.3 Å². The van der Waals surface area contributed by atoms with Crippen molar-refractivity contribution in [3.8, 4) is 0 Å². The van der Waals surface area contributed by atoms with Crippen LogP contribution in [0.5, 0.6) is 0 Å². The standard InChI is InChI=1S/C14H24N2O2S2/c1-14(2,3)7-8-16-20(17,18)13-6-9-19-12(13)10-15-11-4-5-11/h6,9,11,15-16H,4-5,7-8,10H2,1-3H3. The minimum absolute atomic E-state index is 0.132. The molecule has 2 N–H and O–H groups in total. The van der Waals surface area contributed by atoms with Crippen LogP contribution in [0.2, 0.25) is 0 Å². The van der Waals surface area contributed by atoms with Crippen molar-refractivity contribution in [1.29, 1.82) is 0 Å². The average molecular weight is 316 g/mol. The fraction of sp³-hybridized carbons (Fsp3) is 0.714. The Morgan fingerprint density at radius 2 is 2.05 bits per heavy atom. The van der Waals surface area contributed by atoms with E-state index < -0.39 is 10.0 Å². The van der Waals surface area contributed by atoms with Gasteiger partial charge in [0.25, 0.3) is 0 Å². The van der Waals surface area contributed by atoms with Crippen molar-refractivity contribution >= 4 is 21.4 Å². The second-order valence-electron chi connectivity index (χ2n) is 6.57. The molecule has 114 valence electrons. The maximum absolute atomic E-state index is 12.3. The molecule has 1 aromatic heterocycles. The van der Waals surface area contributed by atoms with Gasteiger partial charge in [-0.05, 0) is 36.1 Å². The highest BCUT2D eigenvalue weighted by Crippen LogP contribution is 2.25. The Kier molecular flexibility index (Phi) is 4.89. The van der Waals surface area contributed by atoms with E-state index in [9.17, 15) is 8.42 Å². The van der Waals surface area contributed by atoms with Crippen molar-refractivity contribution in [1.82, 2.24) is 10.0 Å². The normalized spacial score (nSPS) is 16.6. The van der Waals surface area contributed by atoms with Gasteiger partial charge in [0.1, 0.15) is 0 Å². The summed E-state index contributed by atoms with van der Waals surface area (Å²) in [4.78, 5) is 1.34. The monoisotopic (exact) mass is 316 g/mol. The lowest BCUT2D eigenvalue weighted by molar-refractivity contribution is 0.378. The third kappa shape index (κ3) is 4.84. The van der Waals surface area contributed by atoms with Gasteiger partial charge in [-0.3, -0.25) is 0 Å². The second kappa shape index (κ2) is 6.13. The van der Waals surface area contributed by atoms with Crippen molar-refractivity contribution < 1.29 is 8.42 Å². The van der Waals surface area contributed by atoms with Gasteiger partial charge in [0.05, 0.1) is 4.90 Å². The summed E-state index contributed by atoms with van der Waals surface area (Å²) in [6, 6.07) is 2.29. The highest BCUT2D eigenvalue weighted by atomic mass is 32.2. The van der Waals surface area contributed by atoms with Crippen molar-refractivity contribution in [3.05, 3.63) is 16.3 Å². The van der Waals surface area contributed by atoms with Crippen molar-refractivity contribution in [3.63, 3.8) is 0 Å². The van der Waals surface area contributed by atoms with Crippen LogP contribution in [0.25, 0.3) is 0 Å². The van der Waals surface area contributed by atoms with Gasteiger partial charge >= 0.3 is 0 Å². The van der Waals surface area contributed by atoms with E-state index >= 15 is 0 Å². The topological polar surface area (TPSA) is 58.2 Å². The molecule has 0 aliphatic heterocycles. The molecule has 1 aliphatic rings. The minimum atomic E-state index is -3.38. The van der Waals surface area contributed by atoms with Crippen LogP contribution in [0.1, 0.15) is 44.9 Å². The smallest absolute Gasteiger partial charge is 0.241 e. The molecule has 0 spiro atoms. The van der Waals surface area contributed by atoms with Gasteiger partial charge in [-0.1, -0.05) is 20.8 Å². The largest absolute Gasteiger partial charge is 0.309 e. The first kappa shape index (κ1) is 15.9. The van der Waals surface area contributed by atoms with E-state index in [4.69, 9.17) is 0 Å². The molecule has 1 heterocycles. The number of rotatable bonds is 7. The van der Waals surface area contributed by atoms with Crippen LogP contribution in [0.4, 0.5) is 0 Å². The van der Waals surface area contributed by atoms with Crippen LogP contribution in [0.15, 0.2) is 16.3 Å². The van der Waals surface area contributed by atoms with Gasteiger partial charge in [0, 0.05) is 24.0 Å². The van der Waals surface area contributed by atoms with E-state index in [-0.39, 0.29) is 5.41 Å². The van der Waals surface area contributed by atoms with Crippen LogP contribution >= 0.6 is 11.3 Å². The number of hydrogen-bond acceptors (Lipinski definition) is 4. The molecule has 0 unspecified atom stereocenters. The molecule has 1 saturated carbocycles. The lowest BCUT2D eigenvalue weighted by Crippen LogP contribution is -2.28. The molecule has 1 aliphatic carbocycles. The maximum atomic E-state index is 12.3. The minimum Gasteiger partial charge on any atom is -0.309 e. The Bertz CT molecular complexity index is 540. The predicted octanol–water partition coefficient (Wildman–Crippen LogP) is 2.71. The molecule has 0 bridgehead atoms. The average Bonchev–Trinajstić information content (AvgIpc) is 3.01. The molecule has 4 nitrogen and oxygen atoms in total. The number of nitrogens with one attached hydrogen (secondary N) is 2. The molecule has 6 heteroatoms. The molecule has 0 atom stereocenters. The third-order valence-corrected chi connectivity index (χ3v) is 5.89. The van der Waals surface area contributed by atoms with Crippen LogP contribution in [-0.4, -0.2) is 21.0 Å². The highest BCUT2D eigenvalue weighted by molar-refractivity contribution is 7.89. The van der Waals surface area contributed by atoms with E-state index in [1.165, 1.54) is 24.2 Å². The summed E-state index contributed by atoms with van der Waals surface area (Å²) in [6.07, 6.45) is 3.24. The quantitative estimate of drug-likeness (QED) is 0.813. The predicted molar refractivity (Wildman–Crippen MR) is 83.4 cm³/mol. The van der Waals surface area contributed by atoms with Crippen molar-refractivity contribution in [2.75, 3.05) is 6.54 Å². The molecule has 2 rings (SSSR count). The third-order valence-electron chi connectivity index (χ3n) is 3.29. The summed E-state index contributed by atoms with van der Waals surface area (Å²) in [6.45, 7) is 7.46. The van der Waals surface area contributed by atoms with Gasteiger partial charge in [0.15, 0.2) is 0 Å². The Hall–Kier alpha value is -0.430. The molecule has 1 fully saturated rings. The summed E-state index contributed by atoms with van der Waals surface area (Å²) in [5.74, 6) is 0. The van der Waals surface area contributed by atoms with Crippen LogP contribution in [0, 0.1) is 5.41 Å². The first-order chi connectivity index (χ1) is 9.28. The fourth-order valence-corrected chi connectivity index (χ4v) is 4.28. The van der Waals surface area contributed by atoms with Crippen LogP contribution < -0.4 is 10.0 Å². The zero-order valence-corrected chi connectivity index (χ0v) is 14.0. The summed E-state index contributed by atoms with van der Waals surface area (Å²) in [5, 5.41) is 5.22. The summed E-state index contributed by atoms with van der Waals surface area (Å²) < 4.78 is 27.4. The second-order valence-corrected chi connectivity index (χ2v) is 9.31. The highest BCUT2D eigenvalue weighted by Gasteiger charge is 2.24.